The summed E-state index contributed by atoms with van der Waals surface area (Å²) in [6.45, 7) is 5.61. The molecule has 0 aromatic heterocycles. The zero-order valence-electron chi connectivity index (χ0n) is 11.9. The minimum absolute atomic E-state index is 0.110. The topological polar surface area (TPSA) is 78.4 Å². The monoisotopic (exact) mass is 270 g/mol. The van der Waals surface area contributed by atoms with Gasteiger partial charge in [-0.05, 0) is 43.9 Å². The summed E-state index contributed by atoms with van der Waals surface area (Å²) in [5, 5.41) is 14.6. The Hall–Kier alpha value is -1.26. The van der Waals surface area contributed by atoms with Crippen molar-refractivity contribution in [3.05, 3.63) is 0 Å². The summed E-state index contributed by atoms with van der Waals surface area (Å²) in [5.74, 6) is 0.145. The average Bonchev–Trinajstić information content (AvgIpc) is 2.36. The fourth-order valence-electron chi connectivity index (χ4n) is 2.39. The van der Waals surface area contributed by atoms with Gasteiger partial charge >= 0.3 is 12.0 Å². The van der Waals surface area contributed by atoms with Crippen molar-refractivity contribution in [2.45, 2.75) is 46.0 Å². The number of amides is 2. The molecule has 0 aromatic carbocycles. The summed E-state index contributed by atoms with van der Waals surface area (Å²) in [6, 6.07) is -0.110. The van der Waals surface area contributed by atoms with Gasteiger partial charge in [0.05, 0.1) is 5.92 Å². The van der Waals surface area contributed by atoms with E-state index in [2.05, 4.69) is 24.5 Å². The van der Waals surface area contributed by atoms with E-state index in [1.165, 1.54) is 0 Å². The summed E-state index contributed by atoms with van der Waals surface area (Å²) >= 11 is 0. The van der Waals surface area contributed by atoms with Crippen LogP contribution >= 0.6 is 0 Å². The van der Waals surface area contributed by atoms with Crippen LogP contribution in [0.4, 0.5) is 4.79 Å². The lowest BCUT2D eigenvalue weighted by molar-refractivity contribution is -0.143. The van der Waals surface area contributed by atoms with Crippen LogP contribution in [0.25, 0.3) is 0 Å². The molecule has 1 saturated carbocycles. The molecule has 2 amide bonds. The lowest BCUT2D eigenvalue weighted by Gasteiger charge is -2.26. The van der Waals surface area contributed by atoms with Crippen molar-refractivity contribution in [2.24, 2.45) is 17.8 Å². The van der Waals surface area contributed by atoms with Crippen LogP contribution in [0.3, 0.4) is 0 Å². The van der Waals surface area contributed by atoms with E-state index in [-0.39, 0.29) is 11.9 Å². The molecule has 0 aromatic rings. The van der Waals surface area contributed by atoms with E-state index in [0.717, 1.165) is 32.1 Å². The first-order chi connectivity index (χ1) is 8.99. The third-order valence-corrected chi connectivity index (χ3v) is 3.75. The fraction of sp³-hybridized carbons (Fsp3) is 0.857. The quantitative estimate of drug-likeness (QED) is 0.692. The van der Waals surface area contributed by atoms with E-state index in [1.807, 2.05) is 0 Å². The molecule has 3 N–H and O–H groups in total. The second-order valence-corrected chi connectivity index (χ2v) is 5.88. The number of hydrogen-bond acceptors (Lipinski definition) is 2. The van der Waals surface area contributed by atoms with Gasteiger partial charge in [-0.15, -0.1) is 0 Å². The van der Waals surface area contributed by atoms with Crippen LogP contribution in [0, 0.1) is 17.8 Å². The van der Waals surface area contributed by atoms with Gasteiger partial charge in [0.15, 0.2) is 0 Å². The number of carboxylic acids is 1. The molecule has 1 fully saturated rings. The summed E-state index contributed by atoms with van der Waals surface area (Å²) in [6.07, 6.45) is 4.23. The van der Waals surface area contributed by atoms with Gasteiger partial charge in [-0.25, -0.2) is 4.79 Å². The standard InChI is InChI=1S/C14H26N2O3/c1-10(2)7-8-15-14(19)16-9-11-3-5-12(6-4-11)13(17)18/h10-12H,3-9H2,1-2H3,(H,17,18)(H2,15,16,19). The number of rotatable bonds is 6. The van der Waals surface area contributed by atoms with Crippen LogP contribution in [0.5, 0.6) is 0 Å². The average molecular weight is 270 g/mol. The Morgan fingerprint density at radius 1 is 1.16 bits per heavy atom. The second-order valence-electron chi connectivity index (χ2n) is 5.88. The van der Waals surface area contributed by atoms with Crippen LogP contribution in [0.15, 0.2) is 0 Å². The summed E-state index contributed by atoms with van der Waals surface area (Å²) in [5.41, 5.74) is 0. The van der Waals surface area contributed by atoms with Crippen molar-refractivity contribution >= 4 is 12.0 Å². The maximum Gasteiger partial charge on any atom is 0.314 e. The predicted molar refractivity (Wildman–Crippen MR) is 73.9 cm³/mol. The summed E-state index contributed by atoms with van der Waals surface area (Å²) in [7, 11) is 0. The van der Waals surface area contributed by atoms with E-state index >= 15 is 0 Å². The van der Waals surface area contributed by atoms with Crippen molar-refractivity contribution in [3.8, 4) is 0 Å². The Labute approximate surface area is 115 Å². The highest BCUT2D eigenvalue weighted by molar-refractivity contribution is 5.73. The molecule has 0 unspecified atom stereocenters. The van der Waals surface area contributed by atoms with Crippen molar-refractivity contribution in [1.82, 2.24) is 10.6 Å². The van der Waals surface area contributed by atoms with Gasteiger partial charge in [-0.2, -0.15) is 0 Å². The predicted octanol–water partition coefficient (Wildman–Crippen LogP) is 2.22. The van der Waals surface area contributed by atoms with Gasteiger partial charge in [-0.1, -0.05) is 13.8 Å². The molecule has 0 saturated heterocycles. The number of carboxylic acid groups (broad SMARTS) is 1. The van der Waals surface area contributed by atoms with E-state index in [9.17, 15) is 9.59 Å². The SMILES string of the molecule is CC(C)CCNC(=O)NCC1CCC(C(=O)O)CC1. The third-order valence-electron chi connectivity index (χ3n) is 3.75. The lowest BCUT2D eigenvalue weighted by Crippen LogP contribution is -2.39. The maximum atomic E-state index is 11.5. The van der Waals surface area contributed by atoms with Crippen LogP contribution < -0.4 is 10.6 Å². The molecule has 1 rings (SSSR count). The molecule has 1 aliphatic carbocycles. The minimum atomic E-state index is -0.683. The Morgan fingerprint density at radius 3 is 2.32 bits per heavy atom. The highest BCUT2D eigenvalue weighted by Gasteiger charge is 2.25. The molecule has 5 nitrogen and oxygen atoms in total. The first-order valence-electron chi connectivity index (χ1n) is 7.23. The van der Waals surface area contributed by atoms with E-state index < -0.39 is 5.97 Å². The van der Waals surface area contributed by atoms with Crippen LogP contribution in [-0.4, -0.2) is 30.2 Å². The lowest BCUT2D eigenvalue weighted by atomic mass is 9.82. The largest absolute Gasteiger partial charge is 0.481 e. The second kappa shape index (κ2) is 8.02. The Balaban J connectivity index is 2.10. The van der Waals surface area contributed by atoms with Gasteiger partial charge in [-0.3, -0.25) is 4.79 Å². The van der Waals surface area contributed by atoms with Crippen LogP contribution in [0.1, 0.15) is 46.0 Å². The maximum absolute atomic E-state index is 11.5. The number of carbonyl (C=O) groups excluding carboxylic acids is 1. The number of urea groups is 1. The Bertz CT molecular complexity index is 297. The van der Waals surface area contributed by atoms with Gasteiger partial charge in [0.1, 0.15) is 0 Å². The van der Waals surface area contributed by atoms with Crippen LogP contribution in [-0.2, 0) is 4.79 Å². The molecule has 0 spiro atoms. The van der Waals surface area contributed by atoms with E-state index in [0.29, 0.717) is 24.9 Å². The Morgan fingerprint density at radius 2 is 1.79 bits per heavy atom. The minimum Gasteiger partial charge on any atom is -0.481 e. The fourth-order valence-corrected chi connectivity index (χ4v) is 2.39. The molecule has 1 aliphatic rings. The summed E-state index contributed by atoms with van der Waals surface area (Å²) in [4.78, 5) is 22.3. The number of hydrogen-bond donors (Lipinski definition) is 3. The number of carbonyl (C=O) groups is 2. The van der Waals surface area contributed by atoms with Crippen molar-refractivity contribution in [2.75, 3.05) is 13.1 Å². The summed E-state index contributed by atoms with van der Waals surface area (Å²) < 4.78 is 0. The molecule has 0 aliphatic heterocycles. The molecule has 0 bridgehead atoms. The normalized spacial score (nSPS) is 23.1. The van der Waals surface area contributed by atoms with Gasteiger partial charge in [0.25, 0.3) is 0 Å². The highest BCUT2D eigenvalue weighted by Crippen LogP contribution is 2.28. The highest BCUT2D eigenvalue weighted by atomic mass is 16.4. The molecule has 0 heterocycles. The van der Waals surface area contributed by atoms with Gasteiger partial charge in [0.2, 0.25) is 0 Å². The zero-order chi connectivity index (χ0) is 14.3. The van der Waals surface area contributed by atoms with E-state index in [4.69, 9.17) is 5.11 Å². The van der Waals surface area contributed by atoms with Crippen molar-refractivity contribution in [1.29, 1.82) is 0 Å². The molecular weight excluding hydrogens is 244 g/mol. The third kappa shape index (κ3) is 6.45. The van der Waals surface area contributed by atoms with Crippen molar-refractivity contribution in [3.63, 3.8) is 0 Å². The van der Waals surface area contributed by atoms with Gasteiger partial charge < -0.3 is 15.7 Å². The molecule has 0 atom stereocenters. The van der Waals surface area contributed by atoms with Crippen molar-refractivity contribution < 1.29 is 14.7 Å². The molecular formula is C14H26N2O3. The molecule has 0 radical (unpaired) electrons. The molecule has 5 heteroatoms. The first kappa shape index (κ1) is 15.8. The molecule has 19 heavy (non-hydrogen) atoms. The number of nitrogens with one attached hydrogen (secondary N) is 2. The first-order valence-corrected chi connectivity index (χ1v) is 7.23. The Kier molecular flexibility index (Phi) is 6.67. The van der Waals surface area contributed by atoms with Crippen LogP contribution in [0.2, 0.25) is 0 Å². The van der Waals surface area contributed by atoms with Gasteiger partial charge in [0, 0.05) is 13.1 Å². The molecule has 110 valence electrons. The number of aliphatic carboxylic acids is 1. The zero-order valence-corrected chi connectivity index (χ0v) is 11.9. The smallest absolute Gasteiger partial charge is 0.314 e. The van der Waals surface area contributed by atoms with E-state index in [1.54, 1.807) is 0 Å².